The Balaban J connectivity index is 0.000000121. The quantitative estimate of drug-likeness (QED) is 0.0361. The lowest BCUT2D eigenvalue weighted by molar-refractivity contribution is -0.384. The van der Waals surface area contributed by atoms with E-state index in [1.165, 1.54) is 35.6 Å². The molecule has 0 unspecified atom stereocenters. The summed E-state index contributed by atoms with van der Waals surface area (Å²) in [4.78, 5) is 100. The second-order valence-corrected chi connectivity index (χ2v) is 40.0. The summed E-state index contributed by atoms with van der Waals surface area (Å²) in [6.07, 6.45) is 17.0. The number of hydrogen-bond acceptors (Lipinski definition) is 18. The number of carbonyl (C=O) groups excluding carboxylic acids is 4. The van der Waals surface area contributed by atoms with Crippen LogP contribution in [0.2, 0.25) is 0 Å². The number of pyridine rings is 4. The maximum Gasteiger partial charge on any atom is 0.270 e. The Morgan fingerprint density at radius 2 is 0.600 bits per heavy atom. The Bertz CT molecular complexity index is 7560. The van der Waals surface area contributed by atoms with Crippen LogP contribution in [0, 0.1) is 27.9 Å². The molecule has 27 heteroatoms. The summed E-state index contributed by atoms with van der Waals surface area (Å²) in [5, 5.41) is 11.5. The Labute approximate surface area is 875 Å². The fourth-order valence-corrected chi connectivity index (χ4v) is 21.3. The topological polar surface area (TPSA) is 243 Å². The normalized spacial score (nSPS) is 15.5. The highest BCUT2D eigenvalue weighted by atomic mass is 16.6. The Morgan fingerprint density at radius 1 is 0.307 bits per heavy atom. The van der Waals surface area contributed by atoms with E-state index in [1.54, 1.807) is 40.6 Å². The van der Waals surface area contributed by atoms with Crippen molar-refractivity contribution in [1.29, 1.82) is 0 Å². The Kier molecular flexibility index (Phi) is 31.8. The van der Waals surface area contributed by atoms with Gasteiger partial charge in [-0.05, 0) is 197 Å². The van der Waals surface area contributed by atoms with Gasteiger partial charge in [-0.3, -0.25) is 48.9 Å². The summed E-state index contributed by atoms with van der Waals surface area (Å²) >= 11 is 0. The van der Waals surface area contributed by atoms with Gasteiger partial charge in [0.25, 0.3) is 11.6 Å². The van der Waals surface area contributed by atoms with E-state index in [4.69, 9.17) is 38.9 Å². The van der Waals surface area contributed by atoms with Gasteiger partial charge in [0, 0.05) is 214 Å². The number of fused-ring (bicyclic) bond motifs is 4. The molecule has 766 valence electrons. The summed E-state index contributed by atoms with van der Waals surface area (Å²) in [5.41, 5.74) is 25.5. The minimum Gasteiger partial charge on any atom is -0.497 e. The van der Waals surface area contributed by atoms with Crippen LogP contribution in [-0.4, -0.2) is 238 Å². The highest BCUT2D eigenvalue weighted by molar-refractivity contribution is 5.94. The van der Waals surface area contributed by atoms with E-state index in [2.05, 4.69) is 238 Å². The number of methoxy groups -OCH3 is 4. The third-order valence-corrected chi connectivity index (χ3v) is 30.0. The van der Waals surface area contributed by atoms with Crippen molar-refractivity contribution in [3.05, 3.63) is 354 Å². The van der Waals surface area contributed by atoms with Crippen molar-refractivity contribution in [2.45, 2.75) is 91.4 Å². The van der Waals surface area contributed by atoms with Crippen molar-refractivity contribution >= 4 is 51.9 Å². The van der Waals surface area contributed by atoms with Crippen molar-refractivity contribution < 1.29 is 43.0 Å². The minimum atomic E-state index is -0.370. The number of carbonyl (C=O) groups is 4. The van der Waals surface area contributed by atoms with Crippen molar-refractivity contribution in [1.82, 2.24) is 76.7 Å². The lowest BCUT2D eigenvalue weighted by Gasteiger charge is -2.38. The van der Waals surface area contributed by atoms with Gasteiger partial charge >= 0.3 is 0 Å². The van der Waals surface area contributed by atoms with Crippen LogP contribution in [-0.2, 0) is 40.6 Å². The number of rotatable bonds is 26. The molecule has 4 amide bonds. The summed E-state index contributed by atoms with van der Waals surface area (Å²) < 4.78 is 30.4. The molecule has 2 saturated carbocycles. The molecule has 12 heterocycles. The van der Waals surface area contributed by atoms with Crippen LogP contribution in [0.25, 0.3) is 112 Å². The molecular weight excluding hydrogens is 1880 g/mol. The van der Waals surface area contributed by atoms with E-state index in [-0.39, 0.29) is 34.3 Å². The number of aromatic nitrogens is 8. The SMILES string of the molecule is COc1ccc(C(=O)N2CCN(Cc3c(-c4ccc(OC)cc4)nc4ccc(-c5ccccc5)cn34)CC2)cc1.COc1cccc(-c2nc3ccc(-c4ccccc4)cn3c2CN2CCN(C(=O)C3CCCC3)CC2)c1.COc1cccc(-c2nc3ccc(-c4ccccc4)cn3c2CN2CCN(C(=O)CC(C)C)CC2)c1.O=C(C1CCC1)N1CCN(Cc2c(-c3cccc([N+](=O)[O-])c3)nc3ccc(-c4ccccc4)cn23)CC1. The molecule has 0 atom stereocenters. The summed E-state index contributed by atoms with van der Waals surface area (Å²) in [5.74, 6) is 5.08. The first kappa shape index (κ1) is 101. The predicted octanol–water partition coefficient (Wildman–Crippen LogP) is 21.5. The number of nitro groups is 1. The molecule has 8 aromatic heterocycles. The number of imidazole rings is 4. The van der Waals surface area contributed by atoms with E-state index in [0.717, 1.165) is 285 Å². The maximum atomic E-state index is 13.1. The smallest absolute Gasteiger partial charge is 0.270 e. The third-order valence-electron chi connectivity index (χ3n) is 30.0. The Morgan fingerprint density at radius 3 is 0.920 bits per heavy atom. The second kappa shape index (κ2) is 47.1. The van der Waals surface area contributed by atoms with Gasteiger partial charge in [0.15, 0.2) is 0 Å². The molecule has 0 radical (unpaired) electrons. The zero-order valence-electron chi connectivity index (χ0n) is 86.2. The highest BCUT2D eigenvalue weighted by Gasteiger charge is 2.36. The lowest BCUT2D eigenvalue weighted by Crippen LogP contribution is -2.50. The fraction of sp³-hybridized carbons (Fsp3) is 0.301. The standard InChI is InChI=1S/C33H32N4O3.C31H34N4O2.C30H34N4O2.C29H29N5O3/c1-39-28-13-8-25(9-14-28)32-30(37-22-27(12-17-31(37)34-32)24-6-4-3-5-7-24)23-35-18-20-36(21-19-35)33(38)26-10-15-29(40-2)16-11-26;1-37-27-13-7-12-25(20-27)30-28(22-33-16-18-34(19-17-33)31(36)24-10-5-6-11-24)35-21-26(14-15-29(35)32-30)23-8-3-2-4-9-23;1-22(2)18-29(35)33-16-14-32(15-17-33)21-27-30(24-10-7-11-26(19-24)36-3)31-28-13-12-25(20-34(27)28)23-8-5-4-6-9-23;35-29(22-8-4-9-22)32-16-14-31(15-17-32)20-26-28(23-10-5-11-25(18-23)34(36)37)30-27-13-12-24(19-33(26)27)21-6-2-1-3-7-21/h3-17,22H,18-21,23H2,1-2H3;2-4,7-9,12-15,20-21,24H,5-6,10-11,16-19,22H2,1H3;4-13,19-20,22H,14-18,21H2,1-3H3;1-3,5-7,10-13,18-19,22H,4,8-9,14-17,20H2. The largest absolute Gasteiger partial charge is 0.497 e. The van der Waals surface area contributed by atoms with Gasteiger partial charge in [-0.25, -0.2) is 19.9 Å². The van der Waals surface area contributed by atoms with Crippen molar-refractivity contribution in [2.75, 3.05) is 133 Å². The molecule has 23 rings (SSSR count). The van der Waals surface area contributed by atoms with Crippen LogP contribution in [0.4, 0.5) is 5.69 Å². The van der Waals surface area contributed by atoms with E-state index >= 15 is 0 Å². The van der Waals surface area contributed by atoms with E-state index in [1.807, 2.05) is 130 Å². The zero-order valence-corrected chi connectivity index (χ0v) is 86.2. The first-order valence-corrected chi connectivity index (χ1v) is 52.5. The van der Waals surface area contributed by atoms with E-state index < -0.39 is 0 Å². The molecule has 4 saturated heterocycles. The summed E-state index contributed by atoms with van der Waals surface area (Å²) in [6, 6.07) is 96.6. The number of ether oxygens (including phenoxy) is 4. The summed E-state index contributed by atoms with van der Waals surface area (Å²) in [7, 11) is 6.69. The van der Waals surface area contributed by atoms with Crippen molar-refractivity contribution in [3.63, 3.8) is 0 Å². The van der Waals surface area contributed by atoms with Crippen LogP contribution in [0.5, 0.6) is 23.0 Å². The van der Waals surface area contributed by atoms with Gasteiger partial charge in [-0.2, -0.15) is 0 Å². The van der Waals surface area contributed by atoms with Crippen molar-refractivity contribution in [3.8, 4) is 113 Å². The predicted molar refractivity (Wildman–Crippen MR) is 589 cm³/mol. The van der Waals surface area contributed by atoms with Gasteiger partial charge in [0.2, 0.25) is 17.7 Å². The molecular formula is C123H129N17O10. The molecule has 6 aliphatic rings. The fourth-order valence-electron chi connectivity index (χ4n) is 21.3. The number of non-ortho nitro benzene ring substituents is 1. The summed E-state index contributed by atoms with van der Waals surface area (Å²) in [6.45, 7) is 19.7. The molecule has 0 bridgehead atoms. The molecule has 9 aromatic carbocycles. The molecule has 6 fully saturated rings. The number of amides is 4. The second-order valence-electron chi connectivity index (χ2n) is 40.0. The number of nitro benzene ring substituents is 1. The van der Waals surface area contributed by atoms with Crippen LogP contribution in [0.1, 0.15) is 98.3 Å². The average molecular weight is 2010 g/mol. The molecule has 27 nitrogen and oxygen atoms in total. The molecule has 150 heavy (non-hydrogen) atoms. The highest BCUT2D eigenvalue weighted by Crippen LogP contribution is 2.39. The monoisotopic (exact) mass is 2000 g/mol. The van der Waals surface area contributed by atoms with Crippen LogP contribution < -0.4 is 18.9 Å². The van der Waals surface area contributed by atoms with Crippen molar-refractivity contribution in [2.24, 2.45) is 17.8 Å². The van der Waals surface area contributed by atoms with Crippen LogP contribution in [0.3, 0.4) is 0 Å². The van der Waals surface area contributed by atoms with Gasteiger partial charge in [0.05, 0.1) is 78.9 Å². The van der Waals surface area contributed by atoms with E-state index in [0.29, 0.717) is 49.4 Å². The average Bonchev–Trinajstić information content (AvgIpc) is 1.63. The molecule has 0 spiro atoms. The first-order chi connectivity index (χ1) is 73.4. The van der Waals surface area contributed by atoms with Gasteiger partial charge in [-0.15, -0.1) is 0 Å². The van der Waals surface area contributed by atoms with Gasteiger partial charge in [-0.1, -0.05) is 191 Å². The Hall–Kier alpha value is -15.9. The zero-order chi connectivity index (χ0) is 103. The molecule has 4 aliphatic heterocycles. The maximum absolute atomic E-state index is 13.1. The molecule has 2 aliphatic carbocycles. The first-order valence-electron chi connectivity index (χ1n) is 52.5. The van der Waals surface area contributed by atoms with Crippen LogP contribution in [0.15, 0.2) is 316 Å². The lowest BCUT2D eigenvalue weighted by atomic mass is 9.84. The minimum absolute atomic E-state index is 0.0496. The molecule has 17 aromatic rings. The van der Waals surface area contributed by atoms with Gasteiger partial charge in [0.1, 0.15) is 45.6 Å². The number of benzene rings is 9. The van der Waals surface area contributed by atoms with E-state index in [9.17, 15) is 29.3 Å². The van der Waals surface area contributed by atoms with Crippen LogP contribution >= 0.6 is 0 Å². The number of nitrogens with zero attached hydrogens (tertiary/aromatic N) is 17. The number of hydrogen-bond donors (Lipinski definition) is 0. The third kappa shape index (κ3) is 23.4. The van der Waals surface area contributed by atoms with Gasteiger partial charge < -0.3 is 56.1 Å². The number of piperazine rings is 4. The molecule has 0 N–H and O–H groups in total.